The lowest BCUT2D eigenvalue weighted by atomic mass is 10.1. The molecular formula is C14H20ClN. The standard InChI is InChI=1S/C14H20ClN/c1-10-6-12(3)16(9-10)14-5-4-13(8-15)11(2)7-14/h4-5,7,10,12H,6,8-9H2,1-3H3. The van der Waals surface area contributed by atoms with Gasteiger partial charge in [0, 0.05) is 24.2 Å². The molecule has 1 aromatic carbocycles. The summed E-state index contributed by atoms with van der Waals surface area (Å²) in [5, 5.41) is 0. The second-order valence-electron chi connectivity index (χ2n) is 5.09. The van der Waals surface area contributed by atoms with Crippen LogP contribution in [0.3, 0.4) is 0 Å². The predicted molar refractivity (Wildman–Crippen MR) is 71.3 cm³/mol. The van der Waals surface area contributed by atoms with Crippen molar-refractivity contribution < 1.29 is 0 Å². The predicted octanol–water partition coefficient (Wildman–Crippen LogP) is 3.97. The van der Waals surface area contributed by atoms with E-state index in [9.17, 15) is 0 Å². The van der Waals surface area contributed by atoms with E-state index in [-0.39, 0.29) is 0 Å². The Hall–Kier alpha value is -0.690. The molecule has 2 heteroatoms. The van der Waals surface area contributed by atoms with Gasteiger partial charge >= 0.3 is 0 Å². The summed E-state index contributed by atoms with van der Waals surface area (Å²) in [4.78, 5) is 2.51. The van der Waals surface area contributed by atoms with Crippen molar-refractivity contribution in [3.05, 3.63) is 29.3 Å². The van der Waals surface area contributed by atoms with Gasteiger partial charge in [0.1, 0.15) is 0 Å². The van der Waals surface area contributed by atoms with Crippen LogP contribution < -0.4 is 4.90 Å². The Balaban J connectivity index is 2.24. The lowest BCUT2D eigenvalue weighted by molar-refractivity contribution is 0.625. The van der Waals surface area contributed by atoms with Crippen molar-refractivity contribution in [3.63, 3.8) is 0 Å². The smallest absolute Gasteiger partial charge is 0.0476 e. The molecule has 1 heterocycles. The Morgan fingerprint density at radius 3 is 2.62 bits per heavy atom. The van der Waals surface area contributed by atoms with Crippen molar-refractivity contribution in [3.8, 4) is 0 Å². The number of benzene rings is 1. The lowest BCUT2D eigenvalue weighted by Gasteiger charge is -2.24. The number of halogens is 1. The SMILES string of the molecule is Cc1cc(N2CC(C)CC2C)ccc1CCl. The van der Waals surface area contributed by atoms with Crippen LogP contribution in [-0.4, -0.2) is 12.6 Å². The second kappa shape index (κ2) is 4.67. The zero-order valence-electron chi connectivity index (χ0n) is 10.3. The molecular weight excluding hydrogens is 218 g/mol. The molecule has 2 rings (SSSR count). The maximum atomic E-state index is 5.88. The zero-order valence-corrected chi connectivity index (χ0v) is 11.1. The first-order valence-electron chi connectivity index (χ1n) is 6.04. The summed E-state index contributed by atoms with van der Waals surface area (Å²) < 4.78 is 0. The minimum absolute atomic E-state index is 0.609. The van der Waals surface area contributed by atoms with Gasteiger partial charge in [-0.25, -0.2) is 0 Å². The second-order valence-corrected chi connectivity index (χ2v) is 5.35. The van der Waals surface area contributed by atoms with Gasteiger partial charge in [0.05, 0.1) is 0 Å². The summed E-state index contributed by atoms with van der Waals surface area (Å²) in [6.07, 6.45) is 1.30. The van der Waals surface area contributed by atoms with Gasteiger partial charge in [-0.15, -0.1) is 11.6 Å². The fraction of sp³-hybridized carbons (Fsp3) is 0.571. The third-order valence-corrected chi connectivity index (χ3v) is 3.87. The van der Waals surface area contributed by atoms with E-state index in [0.717, 1.165) is 5.92 Å². The Morgan fingerprint density at radius 1 is 1.38 bits per heavy atom. The van der Waals surface area contributed by atoms with Gasteiger partial charge in [0.25, 0.3) is 0 Å². The van der Waals surface area contributed by atoms with Crippen LogP contribution in [0.1, 0.15) is 31.4 Å². The summed E-state index contributed by atoms with van der Waals surface area (Å²) >= 11 is 5.88. The monoisotopic (exact) mass is 237 g/mol. The summed E-state index contributed by atoms with van der Waals surface area (Å²) in [7, 11) is 0. The molecule has 1 fully saturated rings. The molecule has 1 saturated heterocycles. The molecule has 2 atom stereocenters. The van der Waals surface area contributed by atoms with Gasteiger partial charge < -0.3 is 4.90 Å². The summed E-state index contributed by atoms with van der Waals surface area (Å²) in [6, 6.07) is 7.30. The molecule has 0 bridgehead atoms. The van der Waals surface area contributed by atoms with E-state index in [1.54, 1.807) is 0 Å². The zero-order chi connectivity index (χ0) is 11.7. The number of hydrogen-bond acceptors (Lipinski definition) is 1. The van der Waals surface area contributed by atoms with Gasteiger partial charge in [0.2, 0.25) is 0 Å². The Kier molecular flexibility index (Phi) is 3.44. The Morgan fingerprint density at radius 2 is 2.12 bits per heavy atom. The van der Waals surface area contributed by atoms with Gasteiger partial charge in [-0.1, -0.05) is 13.0 Å². The van der Waals surface area contributed by atoms with Crippen LogP contribution in [0, 0.1) is 12.8 Å². The minimum atomic E-state index is 0.609. The van der Waals surface area contributed by atoms with Crippen molar-refractivity contribution in [2.45, 2.75) is 39.1 Å². The molecule has 0 radical (unpaired) electrons. The van der Waals surface area contributed by atoms with Crippen LogP contribution in [0.4, 0.5) is 5.69 Å². The van der Waals surface area contributed by atoms with Gasteiger partial charge in [0.15, 0.2) is 0 Å². The number of hydrogen-bond donors (Lipinski definition) is 0. The molecule has 0 amide bonds. The molecule has 0 N–H and O–H groups in total. The number of aryl methyl sites for hydroxylation is 1. The topological polar surface area (TPSA) is 3.24 Å². The van der Waals surface area contributed by atoms with Crippen LogP contribution in [0.15, 0.2) is 18.2 Å². The van der Waals surface area contributed by atoms with Crippen molar-refractivity contribution in [2.75, 3.05) is 11.4 Å². The highest BCUT2D eigenvalue weighted by molar-refractivity contribution is 6.17. The van der Waals surface area contributed by atoms with Crippen LogP contribution in [0.2, 0.25) is 0 Å². The van der Waals surface area contributed by atoms with Crippen LogP contribution in [0.5, 0.6) is 0 Å². The first-order chi connectivity index (χ1) is 7.61. The fourth-order valence-electron chi connectivity index (χ4n) is 2.67. The molecule has 0 spiro atoms. The molecule has 0 saturated carbocycles. The lowest BCUT2D eigenvalue weighted by Crippen LogP contribution is -2.26. The van der Waals surface area contributed by atoms with Gasteiger partial charge in [-0.2, -0.15) is 0 Å². The van der Waals surface area contributed by atoms with E-state index in [0.29, 0.717) is 11.9 Å². The normalized spacial score (nSPS) is 25.1. The first-order valence-corrected chi connectivity index (χ1v) is 6.57. The van der Waals surface area contributed by atoms with E-state index in [2.05, 4.69) is 43.9 Å². The third-order valence-electron chi connectivity index (χ3n) is 3.59. The largest absolute Gasteiger partial charge is 0.369 e. The molecule has 16 heavy (non-hydrogen) atoms. The molecule has 0 aliphatic carbocycles. The molecule has 1 aliphatic rings. The number of anilines is 1. The van der Waals surface area contributed by atoms with E-state index < -0.39 is 0 Å². The molecule has 0 aromatic heterocycles. The van der Waals surface area contributed by atoms with Crippen LogP contribution in [-0.2, 0) is 5.88 Å². The molecule has 1 nitrogen and oxygen atoms in total. The van der Waals surface area contributed by atoms with Gasteiger partial charge in [-0.3, -0.25) is 0 Å². The summed E-state index contributed by atoms with van der Waals surface area (Å²) in [6.45, 7) is 7.97. The highest BCUT2D eigenvalue weighted by Gasteiger charge is 2.26. The summed E-state index contributed by atoms with van der Waals surface area (Å²) in [5.41, 5.74) is 3.90. The molecule has 1 aromatic rings. The fourth-order valence-corrected chi connectivity index (χ4v) is 2.97. The minimum Gasteiger partial charge on any atom is -0.369 e. The van der Waals surface area contributed by atoms with Crippen molar-refractivity contribution in [2.24, 2.45) is 5.92 Å². The quantitative estimate of drug-likeness (QED) is 0.704. The van der Waals surface area contributed by atoms with E-state index in [1.807, 2.05) is 0 Å². The first kappa shape index (κ1) is 11.8. The van der Waals surface area contributed by atoms with E-state index in [4.69, 9.17) is 11.6 Å². The third kappa shape index (κ3) is 2.20. The number of nitrogens with zero attached hydrogens (tertiary/aromatic N) is 1. The average Bonchev–Trinajstić information content (AvgIpc) is 2.58. The molecule has 1 aliphatic heterocycles. The van der Waals surface area contributed by atoms with Crippen molar-refractivity contribution in [1.29, 1.82) is 0 Å². The Labute approximate surface area is 103 Å². The van der Waals surface area contributed by atoms with Crippen LogP contribution >= 0.6 is 11.6 Å². The number of rotatable bonds is 2. The number of alkyl halides is 1. The Bertz CT molecular complexity index is 375. The average molecular weight is 238 g/mol. The summed E-state index contributed by atoms with van der Waals surface area (Å²) in [5.74, 6) is 1.42. The van der Waals surface area contributed by atoms with E-state index >= 15 is 0 Å². The highest BCUT2D eigenvalue weighted by Crippen LogP contribution is 2.30. The molecule has 2 unspecified atom stereocenters. The van der Waals surface area contributed by atoms with Gasteiger partial charge in [-0.05, 0) is 49.4 Å². The highest BCUT2D eigenvalue weighted by atomic mass is 35.5. The van der Waals surface area contributed by atoms with Crippen molar-refractivity contribution >= 4 is 17.3 Å². The molecule has 88 valence electrons. The maximum absolute atomic E-state index is 5.88. The van der Waals surface area contributed by atoms with Crippen molar-refractivity contribution in [1.82, 2.24) is 0 Å². The van der Waals surface area contributed by atoms with Crippen LogP contribution in [0.25, 0.3) is 0 Å². The maximum Gasteiger partial charge on any atom is 0.0476 e. The van der Waals surface area contributed by atoms with E-state index in [1.165, 1.54) is 29.8 Å².